The molecule has 0 radical (unpaired) electrons. The van der Waals surface area contributed by atoms with Gasteiger partial charge in [0, 0.05) is 44.9 Å². The minimum Gasteiger partial charge on any atom is -0.396 e. The number of halogens is 3. The Morgan fingerprint density at radius 1 is 1.19 bits per heavy atom. The molecule has 2 N–H and O–H groups in total. The summed E-state index contributed by atoms with van der Waals surface area (Å²) in [7, 11) is 0. The zero-order valence-corrected chi connectivity index (χ0v) is 17.1. The van der Waals surface area contributed by atoms with E-state index in [1.165, 1.54) is 5.06 Å². The summed E-state index contributed by atoms with van der Waals surface area (Å²) in [6.07, 6.45) is -1.68. The third-order valence-corrected chi connectivity index (χ3v) is 5.61. The zero-order chi connectivity index (χ0) is 21.8. The van der Waals surface area contributed by atoms with Crippen molar-refractivity contribution in [1.29, 1.82) is 0 Å². The molecule has 0 aliphatic carbocycles. The number of hydrogen-bond donors (Lipinski definition) is 2. The van der Waals surface area contributed by atoms with Crippen molar-refractivity contribution in [3.63, 3.8) is 0 Å². The van der Waals surface area contributed by atoms with Gasteiger partial charge in [-0.3, -0.25) is 4.84 Å². The van der Waals surface area contributed by atoms with E-state index in [0.717, 1.165) is 37.8 Å². The quantitative estimate of drug-likeness (QED) is 0.689. The van der Waals surface area contributed by atoms with Gasteiger partial charge in [-0.25, -0.2) is 10.0 Å². The lowest BCUT2D eigenvalue weighted by molar-refractivity contribution is -0.138. The van der Waals surface area contributed by atoms with Crippen LogP contribution in [0.5, 0.6) is 0 Å². The monoisotopic (exact) mass is 437 g/mol. The number of likely N-dealkylation sites (tertiary alicyclic amines) is 1. The fraction of sp³-hybridized carbons (Fsp3) is 0.524. The van der Waals surface area contributed by atoms with Crippen molar-refractivity contribution >= 4 is 11.8 Å². The second-order valence-electron chi connectivity index (χ2n) is 7.81. The van der Waals surface area contributed by atoms with Gasteiger partial charge in [0.1, 0.15) is 5.56 Å². The Morgan fingerprint density at radius 2 is 2.00 bits per heavy atom. The summed E-state index contributed by atoms with van der Waals surface area (Å²) in [4.78, 5) is 16.0. The maximum atomic E-state index is 13.7. The first-order chi connectivity index (χ1) is 15.0. The van der Waals surface area contributed by atoms with Crippen LogP contribution in [0.2, 0.25) is 0 Å². The van der Waals surface area contributed by atoms with Crippen LogP contribution in [0.4, 0.5) is 24.9 Å². The van der Waals surface area contributed by atoms with Gasteiger partial charge in [-0.05, 0) is 18.4 Å². The molecule has 10 heteroatoms. The molecule has 1 aromatic heterocycles. The third kappa shape index (κ3) is 5.08. The normalized spacial score (nSPS) is 22.3. The molecule has 0 spiro atoms. The number of aliphatic hydroxyl groups is 1. The van der Waals surface area contributed by atoms with Crippen molar-refractivity contribution < 1.29 is 23.1 Å². The SMILES string of the molecule is OCCCN1CC[C@H](Nc2ncc(C(F)(F)F)c(N3OCC[C@H]3c3ccccc3)n2)C1. The zero-order valence-electron chi connectivity index (χ0n) is 17.1. The Morgan fingerprint density at radius 3 is 2.74 bits per heavy atom. The average Bonchev–Trinajstić information content (AvgIpc) is 3.41. The fourth-order valence-corrected chi connectivity index (χ4v) is 4.10. The molecular formula is C21H26F3N5O2. The second-order valence-corrected chi connectivity index (χ2v) is 7.81. The van der Waals surface area contributed by atoms with Crippen LogP contribution >= 0.6 is 0 Å². The fourth-order valence-electron chi connectivity index (χ4n) is 4.10. The molecule has 2 aliphatic rings. The van der Waals surface area contributed by atoms with E-state index >= 15 is 0 Å². The van der Waals surface area contributed by atoms with Gasteiger partial charge in [0.05, 0.1) is 12.6 Å². The lowest BCUT2D eigenvalue weighted by Crippen LogP contribution is -2.29. The number of aromatic nitrogens is 2. The first-order valence-electron chi connectivity index (χ1n) is 10.5. The average molecular weight is 437 g/mol. The highest BCUT2D eigenvalue weighted by atomic mass is 19.4. The van der Waals surface area contributed by atoms with Crippen LogP contribution in [0.15, 0.2) is 36.5 Å². The van der Waals surface area contributed by atoms with Crippen LogP contribution in [0.25, 0.3) is 0 Å². The number of anilines is 2. The molecule has 3 heterocycles. The van der Waals surface area contributed by atoms with Crippen molar-refractivity contribution in [2.45, 2.75) is 37.5 Å². The second kappa shape index (κ2) is 9.37. The van der Waals surface area contributed by atoms with Crippen molar-refractivity contribution in [2.75, 3.05) is 43.2 Å². The van der Waals surface area contributed by atoms with Gasteiger partial charge in [-0.15, -0.1) is 0 Å². The van der Waals surface area contributed by atoms with Gasteiger partial charge < -0.3 is 15.3 Å². The Kier molecular flexibility index (Phi) is 6.59. The minimum absolute atomic E-state index is 0.0349. The molecule has 0 saturated carbocycles. The van der Waals surface area contributed by atoms with E-state index in [1.54, 1.807) is 0 Å². The van der Waals surface area contributed by atoms with Gasteiger partial charge >= 0.3 is 6.18 Å². The summed E-state index contributed by atoms with van der Waals surface area (Å²) in [6.45, 7) is 2.82. The van der Waals surface area contributed by atoms with E-state index < -0.39 is 11.7 Å². The van der Waals surface area contributed by atoms with Crippen molar-refractivity contribution in [2.24, 2.45) is 0 Å². The summed E-state index contributed by atoms with van der Waals surface area (Å²) in [5.41, 5.74) is -0.0477. The van der Waals surface area contributed by atoms with E-state index in [0.29, 0.717) is 19.4 Å². The minimum atomic E-state index is -4.60. The van der Waals surface area contributed by atoms with Gasteiger partial charge in [-0.1, -0.05) is 30.3 Å². The van der Waals surface area contributed by atoms with Gasteiger partial charge in [-0.2, -0.15) is 18.2 Å². The van der Waals surface area contributed by atoms with Crippen molar-refractivity contribution in [3.05, 3.63) is 47.7 Å². The molecule has 2 saturated heterocycles. The number of rotatable bonds is 7. The maximum absolute atomic E-state index is 13.7. The molecule has 2 atom stereocenters. The van der Waals surface area contributed by atoms with Gasteiger partial charge in [0.15, 0.2) is 5.82 Å². The Balaban J connectivity index is 1.57. The van der Waals surface area contributed by atoms with Gasteiger partial charge in [0.25, 0.3) is 0 Å². The van der Waals surface area contributed by atoms with Crippen LogP contribution in [0, 0.1) is 0 Å². The highest BCUT2D eigenvalue weighted by Gasteiger charge is 2.40. The lowest BCUT2D eigenvalue weighted by Gasteiger charge is -2.27. The standard InChI is InChI=1S/C21H26F3N5O2/c22-21(23,24)17-13-25-20(26-16-7-10-28(14-16)9-4-11-30)27-19(17)29-18(8-12-31-29)15-5-2-1-3-6-15/h1-3,5-6,13,16,18,30H,4,7-12,14H2,(H,25,26,27)/t16-,18-/m0/s1. The predicted octanol–water partition coefficient (Wildman–Crippen LogP) is 3.25. The Bertz CT molecular complexity index is 868. The van der Waals surface area contributed by atoms with Crippen LogP contribution in [-0.4, -0.2) is 58.9 Å². The molecule has 2 aliphatic heterocycles. The topological polar surface area (TPSA) is 73.8 Å². The number of alkyl halides is 3. The van der Waals surface area contributed by atoms with Crippen molar-refractivity contribution in [3.8, 4) is 0 Å². The highest BCUT2D eigenvalue weighted by Crippen LogP contribution is 2.41. The van der Waals surface area contributed by atoms with Crippen LogP contribution < -0.4 is 10.4 Å². The summed E-state index contributed by atoms with van der Waals surface area (Å²) in [5, 5.41) is 13.4. The number of benzene rings is 1. The number of hydroxylamine groups is 1. The number of aliphatic hydroxyl groups excluding tert-OH is 1. The molecule has 168 valence electrons. The van der Waals surface area contributed by atoms with E-state index in [-0.39, 0.29) is 30.5 Å². The number of hydrogen-bond acceptors (Lipinski definition) is 7. The van der Waals surface area contributed by atoms with E-state index in [2.05, 4.69) is 20.2 Å². The lowest BCUT2D eigenvalue weighted by atomic mass is 10.0. The van der Waals surface area contributed by atoms with E-state index in [9.17, 15) is 13.2 Å². The summed E-state index contributed by atoms with van der Waals surface area (Å²) in [5.74, 6) is -0.120. The maximum Gasteiger partial charge on any atom is 0.421 e. The molecule has 2 aromatic rings. The third-order valence-electron chi connectivity index (χ3n) is 5.61. The highest BCUT2D eigenvalue weighted by molar-refractivity contribution is 5.52. The van der Waals surface area contributed by atoms with Crippen LogP contribution in [0.1, 0.15) is 36.4 Å². The summed E-state index contributed by atoms with van der Waals surface area (Å²) >= 11 is 0. The van der Waals surface area contributed by atoms with E-state index in [4.69, 9.17) is 9.94 Å². The number of nitrogens with zero attached hydrogens (tertiary/aromatic N) is 4. The number of nitrogens with one attached hydrogen (secondary N) is 1. The largest absolute Gasteiger partial charge is 0.421 e. The molecule has 0 amide bonds. The smallest absolute Gasteiger partial charge is 0.396 e. The van der Waals surface area contributed by atoms with Crippen molar-refractivity contribution in [1.82, 2.24) is 14.9 Å². The predicted molar refractivity (Wildman–Crippen MR) is 109 cm³/mol. The Hall–Kier alpha value is -2.43. The summed E-state index contributed by atoms with van der Waals surface area (Å²) in [6, 6.07) is 9.00. The van der Waals surface area contributed by atoms with Crippen LogP contribution in [0.3, 0.4) is 0 Å². The Labute approximate surface area is 178 Å². The molecule has 0 unspecified atom stereocenters. The first-order valence-corrected chi connectivity index (χ1v) is 10.5. The molecule has 0 bridgehead atoms. The van der Waals surface area contributed by atoms with Gasteiger partial charge in [0.2, 0.25) is 5.95 Å². The molecule has 7 nitrogen and oxygen atoms in total. The first kappa shape index (κ1) is 21.8. The molecule has 4 rings (SSSR count). The van der Waals surface area contributed by atoms with E-state index in [1.807, 2.05) is 30.3 Å². The molecule has 1 aromatic carbocycles. The molecular weight excluding hydrogens is 411 g/mol. The summed E-state index contributed by atoms with van der Waals surface area (Å²) < 4.78 is 41.2. The molecule has 2 fully saturated rings. The van der Waals surface area contributed by atoms with Crippen LogP contribution in [-0.2, 0) is 11.0 Å². The molecule has 31 heavy (non-hydrogen) atoms.